The molecule has 1 amide bonds. The monoisotopic (exact) mass is 382 g/mol. The molecule has 1 heterocycles. The Bertz CT molecular complexity index is 944. The fraction of sp³-hybridized carbons (Fsp3) is 0.286. The van der Waals surface area contributed by atoms with Crippen molar-refractivity contribution >= 4 is 34.2 Å². The molecule has 0 radical (unpaired) electrons. The van der Waals surface area contributed by atoms with Crippen LogP contribution in [0.15, 0.2) is 48.5 Å². The largest absolute Gasteiger partial charge is 0.369 e. The van der Waals surface area contributed by atoms with Crippen molar-refractivity contribution < 1.29 is 4.79 Å². The summed E-state index contributed by atoms with van der Waals surface area (Å²) in [6.45, 7) is 4.54. The van der Waals surface area contributed by atoms with Crippen molar-refractivity contribution in [3.63, 3.8) is 0 Å². The number of hydrogen-bond donors (Lipinski definition) is 2. The van der Waals surface area contributed by atoms with Crippen LogP contribution in [0.1, 0.15) is 26.7 Å². The molecule has 3 aromatic rings. The Labute approximate surface area is 164 Å². The lowest BCUT2D eigenvalue weighted by atomic mass is 10.2. The molecule has 0 aliphatic heterocycles. The molecule has 0 unspecified atom stereocenters. The number of amides is 1. The van der Waals surface area contributed by atoms with Gasteiger partial charge in [0.25, 0.3) is 0 Å². The van der Waals surface area contributed by atoms with Crippen molar-refractivity contribution in [2.75, 3.05) is 11.9 Å². The summed E-state index contributed by atoms with van der Waals surface area (Å²) >= 11 is 6.32. The zero-order chi connectivity index (χ0) is 19.2. The molecule has 6 heteroatoms. The molecule has 5 nitrogen and oxygen atoms in total. The maximum atomic E-state index is 12.0. The average molecular weight is 383 g/mol. The highest BCUT2D eigenvalue weighted by atomic mass is 35.5. The molecule has 1 aromatic heterocycles. The van der Waals surface area contributed by atoms with E-state index in [9.17, 15) is 4.79 Å². The van der Waals surface area contributed by atoms with Crippen molar-refractivity contribution in [3.05, 3.63) is 53.6 Å². The highest BCUT2D eigenvalue weighted by molar-refractivity contribution is 6.33. The van der Waals surface area contributed by atoms with Crippen LogP contribution in [0.25, 0.3) is 22.3 Å². The van der Waals surface area contributed by atoms with E-state index in [2.05, 4.69) is 20.6 Å². The molecule has 140 valence electrons. The standard InChI is InChI=1S/C21H23ClN4O/c1-3-14(2)24-19(27)12-13-23-20-16-9-5-7-11-18(16)25-21(26-20)15-8-4-6-10-17(15)22/h4-11,14H,3,12-13H2,1-2H3,(H,24,27)(H,23,25,26)/t14-/m0/s1. The number of carbonyl (C=O) groups excluding carboxylic acids is 1. The Hall–Kier alpha value is -2.66. The van der Waals surface area contributed by atoms with E-state index < -0.39 is 0 Å². The van der Waals surface area contributed by atoms with Crippen molar-refractivity contribution in [1.29, 1.82) is 0 Å². The number of halogens is 1. The quantitative estimate of drug-likeness (QED) is 0.623. The van der Waals surface area contributed by atoms with E-state index in [1.807, 2.05) is 62.4 Å². The number of nitrogens with one attached hydrogen (secondary N) is 2. The number of rotatable bonds is 7. The molecular formula is C21H23ClN4O. The van der Waals surface area contributed by atoms with Gasteiger partial charge in [-0.25, -0.2) is 9.97 Å². The van der Waals surface area contributed by atoms with E-state index in [0.717, 1.165) is 22.9 Å². The molecule has 2 aromatic carbocycles. The van der Waals surface area contributed by atoms with Crippen molar-refractivity contribution in [2.45, 2.75) is 32.7 Å². The molecule has 27 heavy (non-hydrogen) atoms. The van der Waals surface area contributed by atoms with E-state index in [4.69, 9.17) is 11.6 Å². The third kappa shape index (κ3) is 4.74. The van der Waals surface area contributed by atoms with Crippen LogP contribution in [0.2, 0.25) is 5.02 Å². The predicted molar refractivity (Wildman–Crippen MR) is 111 cm³/mol. The number of aromatic nitrogens is 2. The molecule has 0 saturated carbocycles. The first-order chi connectivity index (χ1) is 13.1. The molecule has 3 rings (SSSR count). The third-order valence-electron chi connectivity index (χ3n) is 4.38. The van der Waals surface area contributed by atoms with Gasteiger partial charge in [-0.05, 0) is 37.6 Å². The Morgan fingerprint density at radius 3 is 2.63 bits per heavy atom. The van der Waals surface area contributed by atoms with E-state index in [0.29, 0.717) is 29.6 Å². The first kappa shape index (κ1) is 19.1. The van der Waals surface area contributed by atoms with E-state index in [1.54, 1.807) is 0 Å². The van der Waals surface area contributed by atoms with Gasteiger partial charge in [-0.15, -0.1) is 0 Å². The number of fused-ring (bicyclic) bond motifs is 1. The highest BCUT2D eigenvalue weighted by Crippen LogP contribution is 2.29. The molecular weight excluding hydrogens is 360 g/mol. The molecule has 0 fully saturated rings. The second-order valence-electron chi connectivity index (χ2n) is 6.45. The second kappa shape index (κ2) is 8.82. The van der Waals surface area contributed by atoms with Crippen LogP contribution in [0.5, 0.6) is 0 Å². The van der Waals surface area contributed by atoms with Gasteiger partial charge in [0.1, 0.15) is 5.82 Å². The first-order valence-corrected chi connectivity index (χ1v) is 9.51. The minimum Gasteiger partial charge on any atom is -0.369 e. The lowest BCUT2D eigenvalue weighted by molar-refractivity contribution is -0.121. The van der Waals surface area contributed by atoms with Crippen LogP contribution in [0.3, 0.4) is 0 Å². The zero-order valence-corrected chi connectivity index (χ0v) is 16.3. The fourth-order valence-corrected chi connectivity index (χ4v) is 2.94. The summed E-state index contributed by atoms with van der Waals surface area (Å²) in [5.74, 6) is 1.29. The maximum absolute atomic E-state index is 12.0. The third-order valence-corrected chi connectivity index (χ3v) is 4.71. The summed E-state index contributed by atoms with van der Waals surface area (Å²) in [7, 11) is 0. The molecule has 0 bridgehead atoms. The molecule has 0 aliphatic rings. The summed E-state index contributed by atoms with van der Waals surface area (Å²) in [6.07, 6.45) is 1.29. The van der Waals surface area contributed by atoms with Crippen molar-refractivity contribution in [2.24, 2.45) is 0 Å². The van der Waals surface area contributed by atoms with Crippen LogP contribution in [0.4, 0.5) is 5.82 Å². The first-order valence-electron chi connectivity index (χ1n) is 9.13. The SMILES string of the molecule is CC[C@H](C)NC(=O)CCNc1nc(-c2ccccc2Cl)nc2ccccc12. The fourth-order valence-electron chi connectivity index (χ4n) is 2.72. The Morgan fingerprint density at radius 2 is 1.85 bits per heavy atom. The lowest BCUT2D eigenvalue weighted by Gasteiger charge is -2.13. The molecule has 0 aliphatic carbocycles. The van der Waals surface area contributed by atoms with E-state index in [1.165, 1.54) is 0 Å². The minimum atomic E-state index is 0.0292. The number of para-hydroxylation sites is 1. The summed E-state index contributed by atoms with van der Waals surface area (Å²) < 4.78 is 0. The topological polar surface area (TPSA) is 66.9 Å². The normalized spacial score (nSPS) is 12.0. The van der Waals surface area contributed by atoms with Gasteiger partial charge in [-0.3, -0.25) is 4.79 Å². The lowest BCUT2D eigenvalue weighted by Crippen LogP contribution is -2.33. The van der Waals surface area contributed by atoms with Crippen LogP contribution < -0.4 is 10.6 Å². The molecule has 0 saturated heterocycles. The molecule has 0 spiro atoms. The van der Waals surface area contributed by atoms with Gasteiger partial charge in [0, 0.05) is 30.0 Å². The number of benzene rings is 2. The Kier molecular flexibility index (Phi) is 6.24. The van der Waals surface area contributed by atoms with E-state index in [-0.39, 0.29) is 11.9 Å². The summed E-state index contributed by atoms with van der Waals surface area (Å²) in [5.41, 5.74) is 1.61. The Balaban J connectivity index is 1.84. The van der Waals surface area contributed by atoms with Gasteiger partial charge in [-0.2, -0.15) is 0 Å². The molecule has 1 atom stereocenters. The predicted octanol–water partition coefficient (Wildman–Crippen LogP) is 4.67. The van der Waals surface area contributed by atoms with Crippen LogP contribution in [-0.4, -0.2) is 28.5 Å². The molecule has 2 N–H and O–H groups in total. The summed E-state index contributed by atoms with van der Waals surface area (Å²) in [5, 5.41) is 7.77. The zero-order valence-electron chi connectivity index (χ0n) is 15.5. The van der Waals surface area contributed by atoms with Gasteiger partial charge in [0.2, 0.25) is 5.91 Å². The van der Waals surface area contributed by atoms with Gasteiger partial charge >= 0.3 is 0 Å². The van der Waals surface area contributed by atoms with Gasteiger partial charge < -0.3 is 10.6 Å². The number of hydrogen-bond acceptors (Lipinski definition) is 4. The average Bonchev–Trinajstić information content (AvgIpc) is 2.68. The summed E-state index contributed by atoms with van der Waals surface area (Å²) in [6, 6.07) is 15.5. The van der Waals surface area contributed by atoms with Gasteiger partial charge in [0.05, 0.1) is 10.5 Å². The van der Waals surface area contributed by atoms with Crippen LogP contribution in [0, 0.1) is 0 Å². The van der Waals surface area contributed by atoms with Crippen LogP contribution >= 0.6 is 11.6 Å². The number of nitrogens with zero attached hydrogens (tertiary/aromatic N) is 2. The summed E-state index contributed by atoms with van der Waals surface area (Å²) in [4.78, 5) is 21.3. The highest BCUT2D eigenvalue weighted by Gasteiger charge is 2.12. The van der Waals surface area contributed by atoms with Crippen LogP contribution in [-0.2, 0) is 4.79 Å². The maximum Gasteiger partial charge on any atom is 0.221 e. The minimum absolute atomic E-state index is 0.0292. The van der Waals surface area contributed by atoms with Gasteiger partial charge in [-0.1, -0.05) is 42.8 Å². The van der Waals surface area contributed by atoms with Crippen molar-refractivity contribution in [1.82, 2.24) is 15.3 Å². The van der Waals surface area contributed by atoms with E-state index >= 15 is 0 Å². The Morgan fingerprint density at radius 1 is 1.11 bits per heavy atom. The van der Waals surface area contributed by atoms with Gasteiger partial charge in [0.15, 0.2) is 5.82 Å². The second-order valence-corrected chi connectivity index (χ2v) is 6.85. The number of anilines is 1. The number of carbonyl (C=O) groups is 1. The smallest absolute Gasteiger partial charge is 0.221 e. The van der Waals surface area contributed by atoms with Crippen molar-refractivity contribution in [3.8, 4) is 11.4 Å².